The van der Waals surface area contributed by atoms with Crippen LogP contribution in [0.1, 0.15) is 10.6 Å². The third-order valence-electron chi connectivity index (χ3n) is 1.05. The predicted octanol–water partition coefficient (Wildman–Crippen LogP) is 0.831. The zero-order chi connectivity index (χ0) is 8.10. The van der Waals surface area contributed by atoms with Crippen LogP contribution in [0.25, 0.3) is 0 Å². The van der Waals surface area contributed by atoms with E-state index in [9.17, 15) is 4.79 Å². The third-order valence-corrected chi connectivity index (χ3v) is 1.05. The monoisotopic (exact) mass is 152 g/mol. The Morgan fingerprint density at radius 3 is 3.00 bits per heavy atom. The van der Waals surface area contributed by atoms with Crippen LogP contribution >= 0.6 is 0 Å². The molecule has 11 heavy (non-hydrogen) atoms. The normalized spacial score (nSPS) is 8.73. The number of aromatic nitrogens is 1. The Morgan fingerprint density at radius 2 is 2.27 bits per heavy atom. The molecule has 0 aliphatic carbocycles. The van der Waals surface area contributed by atoms with Gasteiger partial charge in [0.1, 0.15) is 0 Å². The Bertz CT molecular complexity index is 267. The molecule has 4 nitrogen and oxygen atoms in total. The second-order valence-corrected chi connectivity index (χ2v) is 1.86. The number of nitrogens with two attached hydrogens (primary N) is 1. The van der Waals surface area contributed by atoms with Crippen LogP contribution in [-0.2, 0) is 0 Å². The van der Waals surface area contributed by atoms with Gasteiger partial charge in [-0.3, -0.25) is 4.79 Å². The Morgan fingerprint density at radius 1 is 1.45 bits per heavy atom. The van der Waals surface area contributed by atoms with Crippen LogP contribution in [0.3, 0.4) is 0 Å². The molecule has 3 N–H and O–H groups in total. The van der Waals surface area contributed by atoms with E-state index in [1.165, 1.54) is 6.07 Å². The zero-order valence-electron chi connectivity index (χ0n) is 5.78. The van der Waals surface area contributed by atoms with Gasteiger partial charge in [-0.05, 0) is 12.1 Å². The van der Waals surface area contributed by atoms with Gasteiger partial charge in [0.25, 0.3) is 5.91 Å². The Balaban J connectivity index is 3.12. The lowest BCUT2D eigenvalue weighted by molar-refractivity contribution is 0.0961. The minimum absolute atomic E-state index is 0.0885. The van der Waals surface area contributed by atoms with Gasteiger partial charge in [-0.1, -0.05) is 12.1 Å². The van der Waals surface area contributed by atoms with Gasteiger partial charge in [0.2, 0.25) is 5.76 Å². The van der Waals surface area contributed by atoms with Gasteiger partial charge in [0.15, 0.2) is 0 Å². The van der Waals surface area contributed by atoms with Gasteiger partial charge >= 0.3 is 0 Å². The first kappa shape index (κ1) is 7.40. The van der Waals surface area contributed by atoms with Crippen LogP contribution in [0, 0.1) is 0 Å². The number of amides is 1. The minimum Gasteiger partial charge on any atom is -0.377 e. The molecule has 58 valence electrons. The van der Waals surface area contributed by atoms with Crippen molar-refractivity contribution in [3.63, 3.8) is 0 Å². The first-order chi connectivity index (χ1) is 5.30. The van der Waals surface area contributed by atoms with E-state index in [4.69, 9.17) is 10.3 Å². The summed E-state index contributed by atoms with van der Waals surface area (Å²) in [5.41, 5.74) is 4.96. The van der Waals surface area contributed by atoms with Crippen molar-refractivity contribution in [2.45, 2.75) is 0 Å². The predicted molar refractivity (Wildman–Crippen MR) is 39.2 cm³/mol. The Hall–Kier alpha value is -1.71. The van der Waals surface area contributed by atoms with E-state index in [0.717, 1.165) is 0 Å². The number of H-pyrrole nitrogens is 1. The molecule has 0 fully saturated rings. The molecule has 0 aromatic carbocycles. The van der Waals surface area contributed by atoms with Gasteiger partial charge in [0, 0.05) is 6.20 Å². The molecule has 0 spiro atoms. The molecule has 1 heterocycles. The summed E-state index contributed by atoms with van der Waals surface area (Å²) in [6, 6.07) is 6.63. The van der Waals surface area contributed by atoms with Crippen LogP contribution in [0.2, 0.25) is 0 Å². The standard InChI is InChI=1S/C7H8N2O2/c8-7(10)6-4-2-1-3-5-9-11-6/h1-5,9H,(H2,8,10). The smallest absolute Gasteiger partial charge is 0.287 e. The molecular weight excluding hydrogens is 144 g/mol. The van der Waals surface area contributed by atoms with E-state index in [0.29, 0.717) is 0 Å². The minimum atomic E-state index is -0.600. The van der Waals surface area contributed by atoms with Crippen molar-refractivity contribution in [3.8, 4) is 0 Å². The maximum atomic E-state index is 10.6. The first-order valence-corrected chi connectivity index (χ1v) is 3.06. The molecule has 4 heteroatoms. The summed E-state index contributed by atoms with van der Waals surface area (Å²) >= 11 is 0. The number of primary amides is 1. The summed E-state index contributed by atoms with van der Waals surface area (Å²) in [4.78, 5) is 10.6. The zero-order valence-corrected chi connectivity index (χ0v) is 5.78. The number of carbonyl (C=O) groups excluding carboxylic acids is 1. The van der Waals surface area contributed by atoms with Crippen molar-refractivity contribution in [2.75, 3.05) is 0 Å². The maximum Gasteiger partial charge on any atom is 0.287 e. The van der Waals surface area contributed by atoms with Gasteiger partial charge in [-0.15, -0.1) is 0 Å². The second-order valence-electron chi connectivity index (χ2n) is 1.86. The van der Waals surface area contributed by atoms with E-state index < -0.39 is 5.91 Å². The number of rotatable bonds is 1. The molecule has 0 saturated heterocycles. The van der Waals surface area contributed by atoms with Crippen LogP contribution in [-0.4, -0.2) is 11.1 Å². The molecule has 1 amide bonds. The maximum absolute atomic E-state index is 10.6. The van der Waals surface area contributed by atoms with Crippen molar-refractivity contribution < 1.29 is 9.32 Å². The average Bonchev–Trinajstić information content (AvgIpc) is 1.84. The van der Waals surface area contributed by atoms with Crippen LogP contribution in [0.15, 0.2) is 35.0 Å². The summed E-state index contributed by atoms with van der Waals surface area (Å²) < 4.78 is 4.74. The fourth-order valence-corrected chi connectivity index (χ4v) is 0.566. The quantitative estimate of drug-likeness (QED) is 0.625. The van der Waals surface area contributed by atoms with Gasteiger partial charge in [-0.25, -0.2) is 5.16 Å². The lowest BCUT2D eigenvalue weighted by Gasteiger charge is -1.88. The molecule has 0 atom stereocenters. The molecule has 0 saturated carbocycles. The molecular formula is C7H8N2O2. The topological polar surface area (TPSA) is 72.0 Å². The molecule has 0 aliphatic heterocycles. The van der Waals surface area contributed by atoms with E-state index in [-0.39, 0.29) is 5.76 Å². The highest BCUT2D eigenvalue weighted by Gasteiger charge is 1.97. The Labute approximate surface area is 63.3 Å². The molecule has 1 aromatic rings. The number of hydrogen-bond donors (Lipinski definition) is 2. The van der Waals surface area contributed by atoms with Crippen LogP contribution in [0.5, 0.6) is 0 Å². The summed E-state index contributed by atoms with van der Waals surface area (Å²) in [5, 5.41) is 2.42. The number of nitrogens with one attached hydrogen (secondary N) is 1. The molecule has 0 aliphatic rings. The van der Waals surface area contributed by atoms with Crippen molar-refractivity contribution in [1.29, 1.82) is 0 Å². The second kappa shape index (κ2) is 3.46. The fourth-order valence-electron chi connectivity index (χ4n) is 0.566. The average molecular weight is 152 g/mol. The van der Waals surface area contributed by atoms with E-state index in [1.807, 2.05) is 0 Å². The van der Waals surface area contributed by atoms with Crippen LogP contribution < -0.4 is 5.73 Å². The molecule has 1 rings (SSSR count). The molecule has 1 aromatic heterocycles. The van der Waals surface area contributed by atoms with Crippen LogP contribution in [0.4, 0.5) is 0 Å². The van der Waals surface area contributed by atoms with Crippen molar-refractivity contribution in [3.05, 3.63) is 36.2 Å². The number of aromatic amines is 1. The van der Waals surface area contributed by atoms with Gasteiger partial charge < -0.3 is 10.3 Å². The Kier molecular flexibility index (Phi) is 2.32. The van der Waals surface area contributed by atoms with Gasteiger partial charge in [-0.2, -0.15) is 0 Å². The van der Waals surface area contributed by atoms with Crippen molar-refractivity contribution >= 4 is 5.91 Å². The van der Waals surface area contributed by atoms with E-state index >= 15 is 0 Å². The largest absolute Gasteiger partial charge is 0.377 e. The summed E-state index contributed by atoms with van der Waals surface area (Å²) in [7, 11) is 0. The van der Waals surface area contributed by atoms with E-state index in [1.54, 1.807) is 24.4 Å². The highest BCUT2D eigenvalue weighted by Crippen LogP contribution is 1.90. The molecule has 0 unspecified atom stereocenters. The van der Waals surface area contributed by atoms with Gasteiger partial charge in [0.05, 0.1) is 0 Å². The lowest BCUT2D eigenvalue weighted by Crippen LogP contribution is -2.10. The first-order valence-electron chi connectivity index (χ1n) is 3.06. The highest BCUT2D eigenvalue weighted by atomic mass is 16.5. The van der Waals surface area contributed by atoms with Crippen molar-refractivity contribution in [1.82, 2.24) is 5.16 Å². The molecule has 0 bridgehead atoms. The molecule has 0 radical (unpaired) electrons. The van der Waals surface area contributed by atoms with Crippen molar-refractivity contribution in [2.24, 2.45) is 5.73 Å². The number of carbonyl (C=O) groups is 1. The summed E-state index contributed by atoms with van der Waals surface area (Å²) in [6.45, 7) is 0. The highest BCUT2D eigenvalue weighted by molar-refractivity contribution is 5.89. The third kappa shape index (κ3) is 2.17. The number of hydrogen-bond acceptors (Lipinski definition) is 2. The summed E-state index contributed by atoms with van der Waals surface area (Å²) in [6.07, 6.45) is 1.55. The fraction of sp³-hybridized carbons (Fsp3) is 0. The lowest BCUT2D eigenvalue weighted by atomic mass is 10.4. The van der Waals surface area contributed by atoms with E-state index in [2.05, 4.69) is 5.16 Å². The SMILES string of the molecule is NC(=O)c1ccccc[nH]o1. The summed E-state index contributed by atoms with van der Waals surface area (Å²) in [5.74, 6) is -0.511.